The van der Waals surface area contributed by atoms with Gasteiger partial charge in [-0.1, -0.05) is 157 Å². The average Bonchev–Trinajstić information content (AvgIpc) is 3.02. The fraction of sp³-hybridized carbons (Fsp3) is 0.727. The van der Waals surface area contributed by atoms with Crippen LogP contribution in [0.1, 0.15) is 215 Å². The minimum atomic E-state index is 0.365. The van der Waals surface area contributed by atoms with Gasteiger partial charge in [-0.2, -0.15) is 11.8 Å². The van der Waals surface area contributed by atoms with E-state index in [-0.39, 0.29) is 0 Å². The van der Waals surface area contributed by atoms with E-state index in [1.54, 1.807) is 0 Å². The van der Waals surface area contributed by atoms with Gasteiger partial charge in [-0.15, -0.1) is 0 Å². The van der Waals surface area contributed by atoms with Crippen LogP contribution < -0.4 is 0 Å². The molecule has 0 bridgehead atoms. The van der Waals surface area contributed by atoms with Crippen molar-refractivity contribution in [3.63, 3.8) is 0 Å². The number of hydrogen-bond acceptors (Lipinski definition) is 3. The molecule has 0 aromatic heterocycles. The van der Waals surface area contributed by atoms with E-state index in [2.05, 4.69) is 91.4 Å². The van der Waals surface area contributed by atoms with Crippen molar-refractivity contribution < 1.29 is 10.2 Å². The van der Waals surface area contributed by atoms with Crippen LogP contribution >= 0.6 is 11.8 Å². The van der Waals surface area contributed by atoms with Gasteiger partial charge in [-0.3, -0.25) is 0 Å². The number of thioether (sulfide) groups is 1. The molecule has 2 nitrogen and oxygen atoms in total. The molecule has 0 amide bonds. The Kier molecular flexibility index (Phi) is 21.0. The largest absolute Gasteiger partial charge is 0.507 e. The van der Waals surface area contributed by atoms with Crippen molar-refractivity contribution in [3.8, 4) is 11.5 Å². The number of hydrogen-bond donors (Lipinski definition) is 2. The Morgan fingerprint density at radius 3 is 0.872 bits per heavy atom. The lowest BCUT2D eigenvalue weighted by Crippen LogP contribution is -1.99. The zero-order chi connectivity index (χ0) is 34.6. The fourth-order valence-corrected chi connectivity index (χ4v) is 7.85. The van der Waals surface area contributed by atoms with Crippen LogP contribution in [0.15, 0.2) is 24.3 Å². The van der Waals surface area contributed by atoms with E-state index in [1.807, 2.05) is 0 Å². The van der Waals surface area contributed by atoms with Crippen LogP contribution in [0.3, 0.4) is 0 Å². The molecule has 0 saturated carbocycles. The van der Waals surface area contributed by atoms with Crippen molar-refractivity contribution in [2.75, 3.05) is 11.5 Å². The summed E-state index contributed by atoms with van der Waals surface area (Å²) in [4.78, 5) is 0. The number of unbranched alkanes of at least 4 members (excludes halogenated alkanes) is 14. The first kappa shape index (κ1) is 41.6. The van der Waals surface area contributed by atoms with Gasteiger partial charge in [0.15, 0.2) is 0 Å². The summed E-state index contributed by atoms with van der Waals surface area (Å²) in [6.45, 7) is 17.4. The van der Waals surface area contributed by atoms with E-state index in [0.29, 0.717) is 35.2 Å². The highest BCUT2D eigenvalue weighted by molar-refractivity contribution is 7.99. The molecule has 0 atom stereocenters. The number of phenols is 2. The summed E-state index contributed by atoms with van der Waals surface area (Å²) < 4.78 is 0. The summed E-state index contributed by atoms with van der Waals surface area (Å²) in [6.07, 6.45) is 24.1. The quantitative estimate of drug-likeness (QED) is 0.0982. The maximum atomic E-state index is 10.6. The van der Waals surface area contributed by atoms with Crippen molar-refractivity contribution in [1.82, 2.24) is 0 Å². The van der Waals surface area contributed by atoms with E-state index in [0.717, 1.165) is 35.1 Å². The monoisotopic (exact) mass is 667 g/mol. The molecule has 0 saturated heterocycles. The van der Waals surface area contributed by atoms with E-state index in [1.165, 1.54) is 125 Å². The Balaban J connectivity index is 1.38. The normalized spacial score (nSPS) is 12.0. The Hall–Kier alpha value is -1.61. The highest BCUT2D eigenvalue weighted by Crippen LogP contribution is 2.36. The second-order valence-electron chi connectivity index (χ2n) is 15.6. The third-order valence-electron chi connectivity index (χ3n) is 9.95. The number of phenolic OH excluding ortho intramolecular Hbond substituents is 2. The van der Waals surface area contributed by atoms with E-state index in [9.17, 15) is 10.2 Å². The van der Waals surface area contributed by atoms with Gasteiger partial charge in [0.25, 0.3) is 0 Å². The third-order valence-corrected chi connectivity index (χ3v) is 11.1. The Bertz CT molecular complexity index is 970. The van der Waals surface area contributed by atoms with Gasteiger partial charge in [-0.25, -0.2) is 0 Å². The minimum absolute atomic E-state index is 0.365. The smallest absolute Gasteiger partial charge is 0.122 e. The molecule has 2 rings (SSSR count). The topological polar surface area (TPSA) is 40.5 Å². The molecule has 2 N–H and O–H groups in total. The lowest BCUT2D eigenvalue weighted by molar-refractivity contribution is 0.453. The number of rotatable bonds is 26. The van der Waals surface area contributed by atoms with E-state index in [4.69, 9.17) is 0 Å². The Morgan fingerprint density at radius 2 is 0.617 bits per heavy atom. The van der Waals surface area contributed by atoms with Gasteiger partial charge in [0.2, 0.25) is 0 Å². The molecule has 3 heteroatoms. The van der Waals surface area contributed by atoms with Crippen LogP contribution in [0, 0.1) is 0 Å². The molecule has 0 heterocycles. The van der Waals surface area contributed by atoms with Gasteiger partial charge < -0.3 is 10.2 Å². The predicted molar refractivity (Wildman–Crippen MR) is 211 cm³/mol. The molecule has 0 spiro atoms. The molecule has 0 aliphatic rings. The molecule has 268 valence electrons. The highest BCUT2D eigenvalue weighted by Gasteiger charge is 2.16. The van der Waals surface area contributed by atoms with Gasteiger partial charge >= 0.3 is 0 Å². The van der Waals surface area contributed by atoms with Gasteiger partial charge in [0.05, 0.1) is 0 Å². The first-order valence-electron chi connectivity index (χ1n) is 19.8. The maximum Gasteiger partial charge on any atom is 0.122 e. The van der Waals surface area contributed by atoms with Crippen LogP contribution in [0.25, 0.3) is 0 Å². The van der Waals surface area contributed by atoms with Gasteiger partial charge in [0, 0.05) is 0 Å². The van der Waals surface area contributed by atoms with Crippen molar-refractivity contribution >= 4 is 11.8 Å². The number of aryl methyl sites for hydroxylation is 2. The second-order valence-corrected chi connectivity index (χ2v) is 16.9. The molecular formula is C44H74O2S. The van der Waals surface area contributed by atoms with Gasteiger partial charge in [-0.05, 0) is 107 Å². The summed E-state index contributed by atoms with van der Waals surface area (Å²) in [6, 6.07) is 8.99. The predicted octanol–water partition coefficient (Wildman–Crippen LogP) is 14.4. The highest BCUT2D eigenvalue weighted by atomic mass is 32.2. The number of benzene rings is 2. The van der Waals surface area contributed by atoms with Gasteiger partial charge in [0.1, 0.15) is 11.5 Å². The molecule has 0 unspecified atom stereocenters. The summed E-state index contributed by atoms with van der Waals surface area (Å²) in [7, 11) is 0. The Morgan fingerprint density at radius 1 is 0.383 bits per heavy atom. The lowest BCUT2D eigenvalue weighted by Gasteiger charge is -2.17. The standard InChI is InChI=1S/C44H74O2S/c1-33(2)39-29-37(30-40(34(3)4)43(39)45)25-21-17-13-9-11-15-19-23-27-47-28-24-20-16-12-10-14-18-22-26-38-31-41(35(5)6)44(46)42(32-38)36(7)8/h29-36,45-46H,9-28H2,1-8H3. The molecule has 0 fully saturated rings. The van der Waals surface area contributed by atoms with E-state index < -0.39 is 0 Å². The summed E-state index contributed by atoms with van der Waals surface area (Å²) >= 11 is 2.18. The molecule has 47 heavy (non-hydrogen) atoms. The first-order chi connectivity index (χ1) is 22.5. The summed E-state index contributed by atoms with van der Waals surface area (Å²) in [5.41, 5.74) is 7.28. The SMILES string of the molecule is CC(C)c1cc(CCCCCCCCCCSCCCCCCCCCCc2cc(C(C)C)c(O)c(C(C)C)c2)cc(C(C)C)c1O. The Labute approximate surface area is 296 Å². The maximum absolute atomic E-state index is 10.6. The molecule has 2 aromatic rings. The summed E-state index contributed by atoms with van der Waals surface area (Å²) in [5, 5.41) is 21.3. The molecule has 2 aromatic carbocycles. The van der Waals surface area contributed by atoms with Crippen LogP contribution in [0.2, 0.25) is 0 Å². The second kappa shape index (κ2) is 23.7. The zero-order valence-electron chi connectivity index (χ0n) is 32.1. The first-order valence-corrected chi connectivity index (χ1v) is 21.0. The lowest BCUT2D eigenvalue weighted by atomic mass is 9.90. The minimum Gasteiger partial charge on any atom is -0.507 e. The fourth-order valence-electron chi connectivity index (χ4n) is 6.83. The van der Waals surface area contributed by atoms with Crippen molar-refractivity contribution in [3.05, 3.63) is 57.6 Å². The van der Waals surface area contributed by atoms with Crippen LogP contribution in [-0.2, 0) is 12.8 Å². The summed E-state index contributed by atoms with van der Waals surface area (Å²) in [5.74, 6) is 5.20. The van der Waals surface area contributed by atoms with Crippen molar-refractivity contribution in [2.24, 2.45) is 0 Å². The molecule has 0 aliphatic carbocycles. The molecular weight excluding hydrogens is 593 g/mol. The van der Waals surface area contributed by atoms with Crippen molar-refractivity contribution in [2.45, 2.75) is 195 Å². The van der Waals surface area contributed by atoms with Crippen LogP contribution in [-0.4, -0.2) is 21.7 Å². The zero-order valence-corrected chi connectivity index (χ0v) is 32.9. The average molecular weight is 667 g/mol. The number of aromatic hydroxyl groups is 2. The van der Waals surface area contributed by atoms with Crippen LogP contribution in [0.5, 0.6) is 11.5 Å². The van der Waals surface area contributed by atoms with Crippen molar-refractivity contribution in [1.29, 1.82) is 0 Å². The molecule has 0 radical (unpaired) electrons. The molecule has 0 aliphatic heterocycles. The van der Waals surface area contributed by atoms with Crippen LogP contribution in [0.4, 0.5) is 0 Å². The third kappa shape index (κ3) is 16.1. The van der Waals surface area contributed by atoms with E-state index >= 15 is 0 Å².